The molecular weight excluding hydrogens is 208 g/mol. The number of rotatable bonds is 2. The molecule has 2 nitrogen and oxygen atoms in total. The summed E-state index contributed by atoms with van der Waals surface area (Å²) >= 11 is 0. The van der Waals surface area contributed by atoms with Gasteiger partial charge in [-0.15, -0.1) is 0 Å². The summed E-state index contributed by atoms with van der Waals surface area (Å²) in [5.74, 6) is 0. The standard InChI is InChI=1S/C15H22N2/c16-14-6-3-7-15(14)17-13-9-8-11-4-1-2-5-12(11)10-13/h8-10,14-15,17H,1-7,16H2. The lowest BCUT2D eigenvalue weighted by Crippen LogP contribution is -2.35. The molecule has 1 aromatic carbocycles. The largest absolute Gasteiger partial charge is 0.381 e. The highest BCUT2D eigenvalue weighted by Crippen LogP contribution is 2.26. The first kappa shape index (κ1) is 11.1. The molecule has 2 heteroatoms. The Morgan fingerprint density at radius 3 is 2.59 bits per heavy atom. The van der Waals surface area contributed by atoms with Crippen molar-refractivity contribution in [1.82, 2.24) is 0 Å². The monoisotopic (exact) mass is 230 g/mol. The lowest BCUT2D eigenvalue weighted by Gasteiger charge is -2.21. The molecule has 92 valence electrons. The normalized spacial score (nSPS) is 27.8. The van der Waals surface area contributed by atoms with Crippen molar-refractivity contribution in [3.63, 3.8) is 0 Å². The van der Waals surface area contributed by atoms with Crippen LogP contribution in [-0.4, -0.2) is 12.1 Å². The van der Waals surface area contributed by atoms with E-state index in [0.717, 1.165) is 0 Å². The number of anilines is 1. The predicted octanol–water partition coefficient (Wildman–Crippen LogP) is 2.86. The Bertz CT molecular complexity index is 400. The second-order valence-electron chi connectivity index (χ2n) is 5.54. The van der Waals surface area contributed by atoms with Crippen LogP contribution in [0.25, 0.3) is 0 Å². The van der Waals surface area contributed by atoms with Crippen LogP contribution in [0.1, 0.15) is 43.2 Å². The summed E-state index contributed by atoms with van der Waals surface area (Å²) in [5.41, 5.74) is 10.5. The highest BCUT2D eigenvalue weighted by atomic mass is 15.0. The van der Waals surface area contributed by atoms with Crippen molar-refractivity contribution in [2.24, 2.45) is 5.73 Å². The summed E-state index contributed by atoms with van der Waals surface area (Å²) < 4.78 is 0. The number of benzene rings is 1. The molecule has 1 fully saturated rings. The summed E-state index contributed by atoms with van der Waals surface area (Å²) in [4.78, 5) is 0. The van der Waals surface area contributed by atoms with Crippen LogP contribution in [0.5, 0.6) is 0 Å². The maximum atomic E-state index is 6.10. The molecule has 0 aromatic heterocycles. The fourth-order valence-corrected chi connectivity index (χ4v) is 3.21. The fraction of sp³-hybridized carbons (Fsp3) is 0.600. The van der Waals surface area contributed by atoms with Crippen molar-refractivity contribution in [2.45, 2.75) is 57.0 Å². The smallest absolute Gasteiger partial charge is 0.0412 e. The predicted molar refractivity (Wildman–Crippen MR) is 72.3 cm³/mol. The number of aryl methyl sites for hydroxylation is 2. The SMILES string of the molecule is NC1CCCC1Nc1ccc2c(c1)CCCC2. The van der Waals surface area contributed by atoms with Crippen molar-refractivity contribution in [1.29, 1.82) is 0 Å². The first-order chi connectivity index (χ1) is 8.33. The quantitative estimate of drug-likeness (QED) is 0.820. The minimum Gasteiger partial charge on any atom is -0.381 e. The van der Waals surface area contributed by atoms with Gasteiger partial charge in [0.05, 0.1) is 0 Å². The van der Waals surface area contributed by atoms with Gasteiger partial charge in [0, 0.05) is 17.8 Å². The van der Waals surface area contributed by atoms with E-state index in [2.05, 4.69) is 23.5 Å². The molecule has 0 bridgehead atoms. The minimum atomic E-state index is 0.339. The van der Waals surface area contributed by atoms with Crippen LogP contribution < -0.4 is 11.1 Å². The van der Waals surface area contributed by atoms with Gasteiger partial charge < -0.3 is 11.1 Å². The third-order valence-corrected chi connectivity index (χ3v) is 4.27. The van der Waals surface area contributed by atoms with E-state index in [0.29, 0.717) is 12.1 Å². The lowest BCUT2D eigenvalue weighted by atomic mass is 9.91. The summed E-state index contributed by atoms with van der Waals surface area (Å²) in [7, 11) is 0. The van der Waals surface area contributed by atoms with Crippen LogP contribution >= 0.6 is 0 Å². The Morgan fingerprint density at radius 1 is 1.00 bits per heavy atom. The van der Waals surface area contributed by atoms with Gasteiger partial charge in [-0.3, -0.25) is 0 Å². The zero-order valence-corrected chi connectivity index (χ0v) is 10.4. The zero-order valence-electron chi connectivity index (χ0n) is 10.4. The number of fused-ring (bicyclic) bond motifs is 1. The van der Waals surface area contributed by atoms with Crippen molar-refractivity contribution in [2.75, 3.05) is 5.32 Å². The third-order valence-electron chi connectivity index (χ3n) is 4.27. The van der Waals surface area contributed by atoms with E-state index in [1.54, 1.807) is 11.1 Å². The van der Waals surface area contributed by atoms with Gasteiger partial charge in [0.1, 0.15) is 0 Å². The molecule has 2 atom stereocenters. The first-order valence-corrected chi connectivity index (χ1v) is 6.97. The second kappa shape index (κ2) is 4.69. The Morgan fingerprint density at radius 2 is 1.82 bits per heavy atom. The molecule has 0 radical (unpaired) electrons. The molecule has 3 N–H and O–H groups in total. The lowest BCUT2D eigenvalue weighted by molar-refractivity contribution is 0.637. The molecule has 0 aliphatic heterocycles. The average molecular weight is 230 g/mol. The zero-order chi connectivity index (χ0) is 11.7. The molecule has 17 heavy (non-hydrogen) atoms. The van der Waals surface area contributed by atoms with Crippen LogP contribution in [-0.2, 0) is 12.8 Å². The molecular formula is C15H22N2. The maximum Gasteiger partial charge on any atom is 0.0412 e. The van der Waals surface area contributed by atoms with E-state index in [4.69, 9.17) is 5.73 Å². The van der Waals surface area contributed by atoms with E-state index >= 15 is 0 Å². The van der Waals surface area contributed by atoms with Gasteiger partial charge in [-0.05, 0) is 68.2 Å². The Hall–Kier alpha value is -1.02. The van der Waals surface area contributed by atoms with E-state index in [-0.39, 0.29) is 0 Å². The summed E-state index contributed by atoms with van der Waals surface area (Å²) in [6.45, 7) is 0. The van der Waals surface area contributed by atoms with Crippen LogP contribution in [0.15, 0.2) is 18.2 Å². The maximum absolute atomic E-state index is 6.10. The molecule has 2 unspecified atom stereocenters. The van der Waals surface area contributed by atoms with Gasteiger partial charge in [-0.2, -0.15) is 0 Å². The highest BCUT2D eigenvalue weighted by molar-refractivity contribution is 5.50. The second-order valence-corrected chi connectivity index (χ2v) is 5.54. The van der Waals surface area contributed by atoms with E-state index < -0.39 is 0 Å². The third kappa shape index (κ3) is 2.32. The van der Waals surface area contributed by atoms with Gasteiger partial charge in [0.15, 0.2) is 0 Å². The van der Waals surface area contributed by atoms with Gasteiger partial charge >= 0.3 is 0 Å². The summed E-state index contributed by atoms with van der Waals surface area (Å²) in [5, 5.41) is 3.62. The van der Waals surface area contributed by atoms with E-state index in [9.17, 15) is 0 Å². The molecule has 0 amide bonds. The van der Waals surface area contributed by atoms with Crippen molar-refractivity contribution in [3.8, 4) is 0 Å². The molecule has 0 heterocycles. The number of hydrogen-bond acceptors (Lipinski definition) is 2. The van der Waals surface area contributed by atoms with Gasteiger partial charge in [-0.1, -0.05) is 6.07 Å². The van der Waals surface area contributed by atoms with Crippen molar-refractivity contribution >= 4 is 5.69 Å². The average Bonchev–Trinajstić information content (AvgIpc) is 2.75. The number of nitrogens with one attached hydrogen (secondary N) is 1. The Balaban J connectivity index is 1.75. The topological polar surface area (TPSA) is 38.0 Å². The molecule has 2 aliphatic rings. The molecule has 1 saturated carbocycles. The van der Waals surface area contributed by atoms with Crippen molar-refractivity contribution < 1.29 is 0 Å². The number of nitrogens with two attached hydrogens (primary N) is 1. The van der Waals surface area contributed by atoms with Gasteiger partial charge in [-0.25, -0.2) is 0 Å². The number of hydrogen-bond donors (Lipinski definition) is 2. The molecule has 0 spiro atoms. The molecule has 1 aromatic rings. The fourth-order valence-electron chi connectivity index (χ4n) is 3.21. The Labute approximate surface area is 104 Å². The van der Waals surface area contributed by atoms with Crippen molar-refractivity contribution in [3.05, 3.63) is 29.3 Å². The van der Waals surface area contributed by atoms with Crippen LogP contribution in [0.2, 0.25) is 0 Å². The van der Waals surface area contributed by atoms with Crippen LogP contribution in [0.3, 0.4) is 0 Å². The Kier molecular flexibility index (Phi) is 3.06. The minimum absolute atomic E-state index is 0.339. The van der Waals surface area contributed by atoms with Gasteiger partial charge in [0.2, 0.25) is 0 Å². The molecule has 3 rings (SSSR count). The van der Waals surface area contributed by atoms with Crippen LogP contribution in [0, 0.1) is 0 Å². The van der Waals surface area contributed by atoms with E-state index in [1.165, 1.54) is 50.6 Å². The summed E-state index contributed by atoms with van der Waals surface area (Å²) in [6.07, 6.45) is 8.87. The highest BCUT2D eigenvalue weighted by Gasteiger charge is 2.23. The summed E-state index contributed by atoms with van der Waals surface area (Å²) in [6, 6.07) is 7.70. The van der Waals surface area contributed by atoms with Gasteiger partial charge in [0.25, 0.3) is 0 Å². The van der Waals surface area contributed by atoms with E-state index in [1.807, 2.05) is 0 Å². The van der Waals surface area contributed by atoms with Crippen LogP contribution in [0.4, 0.5) is 5.69 Å². The molecule has 2 aliphatic carbocycles. The first-order valence-electron chi connectivity index (χ1n) is 6.97. The molecule has 0 saturated heterocycles.